The number of hydrogen-bond acceptors (Lipinski definition) is 2. The molecule has 0 saturated heterocycles. The molecule has 0 unspecified atom stereocenters. The van der Waals surface area contributed by atoms with E-state index >= 15 is 0 Å². The van der Waals surface area contributed by atoms with E-state index in [0.717, 1.165) is 47.5 Å². The molecule has 3 aromatic rings. The van der Waals surface area contributed by atoms with Gasteiger partial charge in [0.25, 0.3) is 0 Å². The fourth-order valence-corrected chi connectivity index (χ4v) is 2.98. The van der Waals surface area contributed by atoms with Crippen LogP contribution in [0.4, 0.5) is 8.78 Å². The second-order valence-electron chi connectivity index (χ2n) is 5.76. The lowest BCUT2D eigenvalue weighted by Gasteiger charge is -2.07. The van der Waals surface area contributed by atoms with Gasteiger partial charge in [-0.25, -0.2) is 8.78 Å². The highest BCUT2D eigenvalue weighted by Crippen LogP contribution is 2.34. The molecule has 0 spiro atoms. The van der Waals surface area contributed by atoms with Gasteiger partial charge in [-0.2, -0.15) is 0 Å². The summed E-state index contributed by atoms with van der Waals surface area (Å²) in [6.07, 6.45) is 2.55. The number of H-pyrrole nitrogens is 1. The number of fused-ring (bicyclic) bond motifs is 1. The summed E-state index contributed by atoms with van der Waals surface area (Å²) in [5.41, 5.74) is 8.55. The highest BCUT2D eigenvalue weighted by atomic mass is 19.1. The molecule has 0 amide bonds. The molecule has 3 rings (SSSR count). The van der Waals surface area contributed by atoms with E-state index in [1.807, 2.05) is 18.2 Å². The molecular weight excluding hydrogens is 310 g/mol. The van der Waals surface area contributed by atoms with Crippen molar-refractivity contribution in [2.24, 2.45) is 5.73 Å². The van der Waals surface area contributed by atoms with Gasteiger partial charge in [0.15, 0.2) is 0 Å². The quantitative estimate of drug-likeness (QED) is 0.658. The maximum absolute atomic E-state index is 14.3. The zero-order valence-corrected chi connectivity index (χ0v) is 13.5. The second kappa shape index (κ2) is 7.01. The number of nitrogens with one attached hydrogen (secondary N) is 1. The van der Waals surface area contributed by atoms with Crippen molar-refractivity contribution in [1.82, 2.24) is 4.98 Å². The maximum Gasteiger partial charge on any atom is 0.135 e. The average molecular weight is 330 g/mol. The van der Waals surface area contributed by atoms with Crippen LogP contribution < -0.4 is 10.5 Å². The van der Waals surface area contributed by atoms with E-state index in [-0.39, 0.29) is 0 Å². The van der Waals surface area contributed by atoms with E-state index in [0.29, 0.717) is 17.8 Å². The third-order valence-electron chi connectivity index (χ3n) is 4.19. The van der Waals surface area contributed by atoms with Crippen molar-refractivity contribution in [2.45, 2.75) is 19.3 Å². The van der Waals surface area contributed by atoms with Crippen LogP contribution in [0.15, 0.2) is 36.4 Å². The van der Waals surface area contributed by atoms with Gasteiger partial charge >= 0.3 is 0 Å². The van der Waals surface area contributed by atoms with E-state index in [1.54, 1.807) is 7.11 Å². The van der Waals surface area contributed by atoms with Gasteiger partial charge in [-0.3, -0.25) is 0 Å². The Morgan fingerprint density at radius 2 is 1.92 bits per heavy atom. The fourth-order valence-electron chi connectivity index (χ4n) is 2.98. The minimum atomic E-state index is -0.585. The number of aromatic nitrogens is 1. The largest absolute Gasteiger partial charge is 0.497 e. The topological polar surface area (TPSA) is 51.0 Å². The molecule has 24 heavy (non-hydrogen) atoms. The number of unbranched alkanes of at least 4 members (excludes halogenated alkanes) is 1. The lowest BCUT2D eigenvalue weighted by Crippen LogP contribution is -1.99. The van der Waals surface area contributed by atoms with Gasteiger partial charge in [-0.1, -0.05) is 0 Å². The Bertz CT molecular complexity index is 858. The minimum Gasteiger partial charge on any atom is -0.497 e. The van der Waals surface area contributed by atoms with Crippen molar-refractivity contribution in [1.29, 1.82) is 0 Å². The third-order valence-corrected chi connectivity index (χ3v) is 4.19. The first-order chi connectivity index (χ1) is 11.6. The van der Waals surface area contributed by atoms with Crippen LogP contribution in [0.25, 0.3) is 22.2 Å². The maximum atomic E-state index is 14.3. The summed E-state index contributed by atoms with van der Waals surface area (Å²) in [7, 11) is 1.61. The predicted molar refractivity (Wildman–Crippen MR) is 92.2 cm³/mol. The van der Waals surface area contributed by atoms with Gasteiger partial charge in [-0.05, 0) is 61.7 Å². The van der Waals surface area contributed by atoms with Crippen LogP contribution in [0, 0.1) is 11.6 Å². The summed E-state index contributed by atoms with van der Waals surface area (Å²) in [6.45, 7) is 0.617. The Morgan fingerprint density at radius 1 is 1.08 bits per heavy atom. The number of benzene rings is 2. The zero-order chi connectivity index (χ0) is 17.1. The van der Waals surface area contributed by atoms with Crippen molar-refractivity contribution < 1.29 is 13.5 Å². The molecule has 3 nitrogen and oxygen atoms in total. The zero-order valence-electron chi connectivity index (χ0n) is 13.5. The van der Waals surface area contributed by atoms with Crippen LogP contribution >= 0.6 is 0 Å². The van der Waals surface area contributed by atoms with Crippen molar-refractivity contribution in [2.75, 3.05) is 13.7 Å². The van der Waals surface area contributed by atoms with Crippen LogP contribution in [0.2, 0.25) is 0 Å². The first-order valence-electron chi connectivity index (χ1n) is 7.98. The Hall–Kier alpha value is -2.40. The highest BCUT2D eigenvalue weighted by molar-refractivity contribution is 5.91. The molecule has 0 saturated carbocycles. The number of aromatic amines is 1. The lowest BCUT2D eigenvalue weighted by molar-refractivity contribution is 0.415. The SMILES string of the molecule is COc1ccc2[nH]c(-c3ccc(F)cc3F)c(CCCCN)c2c1. The van der Waals surface area contributed by atoms with E-state index in [1.165, 1.54) is 12.1 Å². The molecule has 0 aliphatic carbocycles. The van der Waals surface area contributed by atoms with Crippen LogP contribution in [0.3, 0.4) is 0 Å². The molecule has 5 heteroatoms. The molecule has 1 aromatic heterocycles. The molecule has 0 fully saturated rings. The molecule has 0 aliphatic heterocycles. The highest BCUT2D eigenvalue weighted by Gasteiger charge is 2.17. The Morgan fingerprint density at radius 3 is 2.62 bits per heavy atom. The predicted octanol–water partition coefficient (Wildman–Crippen LogP) is 4.40. The fraction of sp³-hybridized carbons (Fsp3) is 0.263. The Balaban J connectivity index is 2.16. The van der Waals surface area contributed by atoms with Gasteiger partial charge in [0.1, 0.15) is 17.4 Å². The summed E-state index contributed by atoms with van der Waals surface area (Å²) in [4.78, 5) is 3.27. The molecule has 126 valence electrons. The van der Waals surface area contributed by atoms with Crippen molar-refractivity contribution in [3.63, 3.8) is 0 Å². The molecule has 2 aromatic carbocycles. The van der Waals surface area contributed by atoms with Gasteiger partial charge in [0.2, 0.25) is 0 Å². The van der Waals surface area contributed by atoms with Crippen LogP contribution in [-0.4, -0.2) is 18.6 Å². The summed E-state index contributed by atoms with van der Waals surface area (Å²) in [5.74, 6) is -0.417. The summed E-state index contributed by atoms with van der Waals surface area (Å²) in [6, 6.07) is 9.35. The van der Waals surface area contributed by atoms with Crippen LogP contribution in [0.5, 0.6) is 5.75 Å². The van der Waals surface area contributed by atoms with E-state index in [9.17, 15) is 8.78 Å². The van der Waals surface area contributed by atoms with Crippen LogP contribution in [-0.2, 0) is 6.42 Å². The summed E-state index contributed by atoms with van der Waals surface area (Å²) in [5, 5.41) is 0.991. The number of ether oxygens (including phenoxy) is 1. The molecule has 1 heterocycles. The van der Waals surface area contributed by atoms with Crippen molar-refractivity contribution >= 4 is 10.9 Å². The van der Waals surface area contributed by atoms with Gasteiger partial charge in [-0.15, -0.1) is 0 Å². The number of methoxy groups -OCH3 is 1. The molecule has 0 aliphatic rings. The number of halogens is 2. The van der Waals surface area contributed by atoms with E-state index in [4.69, 9.17) is 10.5 Å². The van der Waals surface area contributed by atoms with Gasteiger partial charge in [0.05, 0.1) is 12.8 Å². The smallest absolute Gasteiger partial charge is 0.135 e. The second-order valence-corrected chi connectivity index (χ2v) is 5.76. The molecule has 3 N–H and O–H groups in total. The average Bonchev–Trinajstić information content (AvgIpc) is 2.92. The Kier molecular flexibility index (Phi) is 4.81. The third kappa shape index (κ3) is 3.12. The van der Waals surface area contributed by atoms with Crippen molar-refractivity contribution in [3.05, 3.63) is 53.6 Å². The Labute approximate surface area is 139 Å². The first-order valence-corrected chi connectivity index (χ1v) is 7.98. The molecule has 0 bridgehead atoms. The monoisotopic (exact) mass is 330 g/mol. The number of nitrogens with two attached hydrogens (primary N) is 1. The molecular formula is C19H20F2N2O. The summed E-state index contributed by atoms with van der Waals surface area (Å²) < 4.78 is 32.8. The number of rotatable bonds is 6. The van der Waals surface area contributed by atoms with E-state index in [2.05, 4.69) is 4.98 Å². The summed E-state index contributed by atoms with van der Waals surface area (Å²) >= 11 is 0. The van der Waals surface area contributed by atoms with Gasteiger partial charge < -0.3 is 15.5 Å². The standard InChI is InChI=1S/C19H20F2N2O/c1-24-13-6-8-18-16(11-13)14(4-2-3-9-22)19(23-18)15-7-5-12(20)10-17(15)21/h5-8,10-11,23H,2-4,9,22H2,1H3. The normalized spacial score (nSPS) is 11.2. The van der Waals surface area contributed by atoms with E-state index < -0.39 is 11.6 Å². The van der Waals surface area contributed by atoms with Crippen molar-refractivity contribution in [3.8, 4) is 17.0 Å². The number of hydrogen-bond donors (Lipinski definition) is 2. The molecule has 0 radical (unpaired) electrons. The van der Waals surface area contributed by atoms with Crippen LogP contribution in [0.1, 0.15) is 18.4 Å². The number of aryl methyl sites for hydroxylation is 1. The first kappa shape index (κ1) is 16.5. The minimum absolute atomic E-state index is 0.370. The van der Waals surface area contributed by atoms with Gasteiger partial charge in [0, 0.05) is 22.5 Å². The lowest BCUT2D eigenvalue weighted by atomic mass is 10.00. The molecule has 0 atom stereocenters.